The summed E-state index contributed by atoms with van der Waals surface area (Å²) >= 11 is 0. The van der Waals surface area contributed by atoms with Crippen molar-refractivity contribution < 1.29 is 4.79 Å². The second-order valence-corrected chi connectivity index (χ2v) is 4.77. The number of hydrogen-bond acceptors (Lipinski definition) is 3. The van der Waals surface area contributed by atoms with Crippen LogP contribution in [0.5, 0.6) is 0 Å². The molecule has 0 saturated heterocycles. The Morgan fingerprint density at radius 3 is 2.60 bits per heavy atom. The van der Waals surface area contributed by atoms with E-state index in [1.165, 1.54) is 18.1 Å². The van der Waals surface area contributed by atoms with Crippen molar-refractivity contribution >= 4 is 11.6 Å². The van der Waals surface area contributed by atoms with Gasteiger partial charge in [-0.25, -0.2) is 0 Å². The molecule has 0 radical (unpaired) electrons. The molecular formula is C16H19N3O. The third-order valence-corrected chi connectivity index (χ3v) is 3.07. The maximum atomic E-state index is 10.9. The molecule has 2 aromatic rings. The highest BCUT2D eigenvalue weighted by Gasteiger charge is 2.04. The Morgan fingerprint density at radius 1 is 1.25 bits per heavy atom. The number of nitrogens with zero attached hydrogens (tertiary/aromatic N) is 1. The van der Waals surface area contributed by atoms with E-state index in [4.69, 9.17) is 0 Å². The molecule has 4 heteroatoms. The molecule has 1 atom stereocenters. The molecule has 0 aliphatic carbocycles. The highest BCUT2D eigenvalue weighted by Crippen LogP contribution is 2.13. The van der Waals surface area contributed by atoms with E-state index in [0.29, 0.717) is 0 Å². The number of aromatic nitrogens is 1. The van der Waals surface area contributed by atoms with Crippen molar-refractivity contribution in [3.63, 3.8) is 0 Å². The molecule has 1 aromatic carbocycles. The van der Waals surface area contributed by atoms with Gasteiger partial charge in [-0.2, -0.15) is 0 Å². The van der Waals surface area contributed by atoms with Gasteiger partial charge in [0.15, 0.2) is 0 Å². The molecule has 1 aromatic heterocycles. The largest absolute Gasteiger partial charge is 0.326 e. The molecule has 1 unspecified atom stereocenters. The SMILES string of the molecule is CC(=O)Nc1ccc(CNC(C)c2cccnc2)cc1. The van der Waals surface area contributed by atoms with E-state index >= 15 is 0 Å². The van der Waals surface area contributed by atoms with Gasteiger partial charge in [-0.15, -0.1) is 0 Å². The molecule has 20 heavy (non-hydrogen) atoms. The summed E-state index contributed by atoms with van der Waals surface area (Å²) < 4.78 is 0. The van der Waals surface area contributed by atoms with Crippen molar-refractivity contribution in [1.82, 2.24) is 10.3 Å². The number of amides is 1. The van der Waals surface area contributed by atoms with Crippen LogP contribution in [-0.4, -0.2) is 10.9 Å². The Kier molecular flexibility index (Phi) is 4.85. The average molecular weight is 269 g/mol. The molecule has 1 amide bonds. The molecule has 2 N–H and O–H groups in total. The van der Waals surface area contributed by atoms with Crippen LogP contribution in [0.1, 0.15) is 31.0 Å². The molecule has 0 spiro atoms. The lowest BCUT2D eigenvalue weighted by Gasteiger charge is -2.14. The van der Waals surface area contributed by atoms with Crippen LogP contribution in [0.15, 0.2) is 48.8 Å². The lowest BCUT2D eigenvalue weighted by Crippen LogP contribution is -2.18. The minimum Gasteiger partial charge on any atom is -0.326 e. The van der Waals surface area contributed by atoms with E-state index in [1.807, 2.05) is 36.5 Å². The molecule has 4 nitrogen and oxygen atoms in total. The minimum atomic E-state index is -0.0546. The second kappa shape index (κ2) is 6.82. The predicted molar refractivity (Wildman–Crippen MR) is 80.2 cm³/mol. The van der Waals surface area contributed by atoms with Crippen molar-refractivity contribution in [2.24, 2.45) is 0 Å². The van der Waals surface area contributed by atoms with Gasteiger partial charge in [-0.1, -0.05) is 18.2 Å². The van der Waals surface area contributed by atoms with E-state index in [2.05, 4.69) is 28.6 Å². The van der Waals surface area contributed by atoms with Gasteiger partial charge in [-0.05, 0) is 36.2 Å². The van der Waals surface area contributed by atoms with E-state index in [9.17, 15) is 4.79 Å². The Hall–Kier alpha value is -2.20. The fourth-order valence-corrected chi connectivity index (χ4v) is 1.93. The Balaban J connectivity index is 1.89. The van der Waals surface area contributed by atoms with E-state index in [1.54, 1.807) is 6.20 Å². The third kappa shape index (κ3) is 4.17. The fourth-order valence-electron chi connectivity index (χ4n) is 1.93. The van der Waals surface area contributed by atoms with Crippen LogP contribution in [0.4, 0.5) is 5.69 Å². The quantitative estimate of drug-likeness (QED) is 0.877. The summed E-state index contributed by atoms with van der Waals surface area (Å²) in [6.07, 6.45) is 3.65. The highest BCUT2D eigenvalue weighted by atomic mass is 16.1. The van der Waals surface area contributed by atoms with Gasteiger partial charge in [0.1, 0.15) is 0 Å². The number of carbonyl (C=O) groups is 1. The molecule has 1 heterocycles. The standard InChI is InChI=1S/C16H19N3O/c1-12(15-4-3-9-17-11-15)18-10-14-5-7-16(8-6-14)19-13(2)20/h3-9,11-12,18H,10H2,1-2H3,(H,19,20). The van der Waals surface area contributed by atoms with Crippen LogP contribution in [0, 0.1) is 0 Å². The molecule has 104 valence electrons. The number of nitrogens with one attached hydrogen (secondary N) is 2. The maximum Gasteiger partial charge on any atom is 0.221 e. The van der Waals surface area contributed by atoms with E-state index in [-0.39, 0.29) is 11.9 Å². The van der Waals surface area contributed by atoms with Gasteiger partial charge in [-0.3, -0.25) is 9.78 Å². The lowest BCUT2D eigenvalue weighted by molar-refractivity contribution is -0.114. The first-order valence-electron chi connectivity index (χ1n) is 6.65. The first-order chi connectivity index (χ1) is 9.65. The van der Waals surface area contributed by atoms with Gasteiger partial charge < -0.3 is 10.6 Å². The molecule has 0 bridgehead atoms. The zero-order valence-electron chi connectivity index (χ0n) is 11.8. The summed E-state index contributed by atoms with van der Waals surface area (Å²) in [6, 6.07) is 12.1. The minimum absolute atomic E-state index is 0.0546. The molecule has 2 rings (SSSR count). The monoisotopic (exact) mass is 269 g/mol. The van der Waals surface area contributed by atoms with Crippen molar-refractivity contribution in [3.8, 4) is 0 Å². The number of anilines is 1. The smallest absolute Gasteiger partial charge is 0.221 e. The van der Waals surface area contributed by atoms with Gasteiger partial charge in [0, 0.05) is 37.6 Å². The van der Waals surface area contributed by atoms with Crippen molar-refractivity contribution in [2.45, 2.75) is 26.4 Å². The van der Waals surface area contributed by atoms with Crippen LogP contribution >= 0.6 is 0 Å². The molecule has 0 fully saturated rings. The van der Waals surface area contributed by atoms with E-state index in [0.717, 1.165) is 12.2 Å². The Bertz CT molecular complexity index is 552. The molecule has 0 aliphatic heterocycles. The molecule has 0 aliphatic rings. The van der Waals surface area contributed by atoms with Gasteiger partial charge in [0.25, 0.3) is 0 Å². The van der Waals surface area contributed by atoms with Crippen molar-refractivity contribution in [3.05, 3.63) is 59.9 Å². The van der Waals surface area contributed by atoms with Crippen molar-refractivity contribution in [2.75, 3.05) is 5.32 Å². The number of hydrogen-bond donors (Lipinski definition) is 2. The van der Waals surface area contributed by atoms with Crippen LogP contribution in [0.25, 0.3) is 0 Å². The number of carbonyl (C=O) groups excluding carboxylic acids is 1. The number of benzene rings is 1. The number of rotatable bonds is 5. The lowest BCUT2D eigenvalue weighted by atomic mass is 10.1. The highest BCUT2D eigenvalue weighted by molar-refractivity contribution is 5.88. The van der Waals surface area contributed by atoms with Crippen LogP contribution in [0.3, 0.4) is 0 Å². The topological polar surface area (TPSA) is 54.0 Å². The molecule has 0 saturated carbocycles. The normalized spacial score (nSPS) is 11.9. The Labute approximate surface area is 119 Å². The van der Waals surface area contributed by atoms with Crippen LogP contribution in [0.2, 0.25) is 0 Å². The fraction of sp³-hybridized carbons (Fsp3) is 0.250. The van der Waals surface area contributed by atoms with Crippen LogP contribution < -0.4 is 10.6 Å². The number of pyridine rings is 1. The molecular weight excluding hydrogens is 250 g/mol. The summed E-state index contributed by atoms with van der Waals surface area (Å²) in [7, 11) is 0. The average Bonchev–Trinajstić information content (AvgIpc) is 2.46. The van der Waals surface area contributed by atoms with Crippen molar-refractivity contribution in [1.29, 1.82) is 0 Å². The van der Waals surface area contributed by atoms with Gasteiger partial charge in [0.05, 0.1) is 0 Å². The van der Waals surface area contributed by atoms with Gasteiger partial charge in [0.2, 0.25) is 5.91 Å². The summed E-state index contributed by atoms with van der Waals surface area (Å²) in [4.78, 5) is 15.1. The summed E-state index contributed by atoms with van der Waals surface area (Å²) in [5, 5.41) is 6.20. The zero-order valence-corrected chi connectivity index (χ0v) is 11.8. The third-order valence-electron chi connectivity index (χ3n) is 3.07. The first kappa shape index (κ1) is 14.2. The summed E-state index contributed by atoms with van der Waals surface area (Å²) in [6.45, 7) is 4.39. The second-order valence-electron chi connectivity index (χ2n) is 4.77. The van der Waals surface area contributed by atoms with E-state index < -0.39 is 0 Å². The predicted octanol–water partition coefficient (Wildman–Crippen LogP) is 2.89. The summed E-state index contributed by atoms with van der Waals surface area (Å²) in [5.74, 6) is -0.0546. The summed E-state index contributed by atoms with van der Waals surface area (Å²) in [5.41, 5.74) is 3.17. The van der Waals surface area contributed by atoms with Gasteiger partial charge >= 0.3 is 0 Å². The first-order valence-corrected chi connectivity index (χ1v) is 6.65. The van der Waals surface area contributed by atoms with Crippen LogP contribution in [-0.2, 0) is 11.3 Å². The maximum absolute atomic E-state index is 10.9. The zero-order chi connectivity index (χ0) is 14.4. The Morgan fingerprint density at radius 2 is 2.00 bits per heavy atom.